The van der Waals surface area contributed by atoms with Gasteiger partial charge < -0.3 is 14.7 Å². The average molecular weight is 508 g/mol. The van der Waals surface area contributed by atoms with Crippen LogP contribution in [0.3, 0.4) is 0 Å². The Hall–Kier alpha value is -3.49. The van der Waals surface area contributed by atoms with Crippen molar-refractivity contribution >= 4 is 29.4 Å². The Balaban J connectivity index is 1.52. The molecule has 9 heteroatoms. The number of anilines is 1. The highest BCUT2D eigenvalue weighted by Gasteiger charge is 2.51. The fourth-order valence-corrected chi connectivity index (χ4v) is 6.08. The second-order valence-corrected chi connectivity index (χ2v) is 9.94. The minimum Gasteiger partial charge on any atom is -0.449 e. The summed E-state index contributed by atoms with van der Waals surface area (Å²) in [4.78, 5) is 27.8. The van der Waals surface area contributed by atoms with Gasteiger partial charge in [0.15, 0.2) is 0 Å². The molecule has 2 atom stereocenters. The summed E-state index contributed by atoms with van der Waals surface area (Å²) in [6.45, 7) is 1.59. The molecule has 1 aliphatic carbocycles. The van der Waals surface area contributed by atoms with Crippen LogP contribution in [0.1, 0.15) is 46.8 Å². The first kappa shape index (κ1) is 24.2. The van der Waals surface area contributed by atoms with Crippen LogP contribution in [-0.2, 0) is 6.42 Å². The summed E-state index contributed by atoms with van der Waals surface area (Å²) in [6.07, 6.45) is 5.32. The number of hydrogen-bond acceptors (Lipinski definition) is 6. The molecule has 0 spiro atoms. The van der Waals surface area contributed by atoms with E-state index in [0.717, 1.165) is 55.6 Å². The lowest BCUT2D eigenvalue weighted by Crippen LogP contribution is -2.60. The molecule has 1 aliphatic heterocycles. The topological polar surface area (TPSA) is 92.6 Å². The van der Waals surface area contributed by atoms with Crippen LogP contribution in [0.2, 0.25) is 5.02 Å². The summed E-state index contributed by atoms with van der Waals surface area (Å²) in [5.41, 5.74) is 3.62. The predicted octanol–water partition coefficient (Wildman–Crippen LogP) is 5.13. The molecule has 0 bridgehead atoms. The first-order valence-corrected chi connectivity index (χ1v) is 12.5. The van der Waals surface area contributed by atoms with Crippen LogP contribution >= 0.6 is 11.6 Å². The Bertz CT molecular complexity index is 1280. The van der Waals surface area contributed by atoms with E-state index in [1.165, 1.54) is 0 Å². The van der Waals surface area contributed by atoms with Crippen molar-refractivity contribution in [3.63, 3.8) is 0 Å². The summed E-state index contributed by atoms with van der Waals surface area (Å²) >= 11 is 6.52. The Morgan fingerprint density at radius 3 is 2.56 bits per heavy atom. The van der Waals surface area contributed by atoms with Crippen molar-refractivity contribution in [1.29, 1.82) is 0 Å². The maximum Gasteiger partial charge on any atom is 0.511 e. The third kappa shape index (κ3) is 4.42. The number of ether oxygens (including phenoxy) is 1. The average Bonchev–Trinajstić information content (AvgIpc) is 3.32. The lowest BCUT2D eigenvalue weighted by Gasteiger charge is -2.47. The van der Waals surface area contributed by atoms with Crippen LogP contribution < -0.4 is 9.64 Å². The zero-order chi connectivity index (χ0) is 25.3. The molecule has 1 aromatic heterocycles. The molecule has 1 saturated heterocycles. The molecular formula is C27H28ClN4O4+. The van der Waals surface area contributed by atoms with Gasteiger partial charge in [-0.1, -0.05) is 29.8 Å². The molecule has 36 heavy (non-hydrogen) atoms. The number of carbonyl (C=O) groups is 2. The molecule has 0 radical (unpaired) electrons. The van der Waals surface area contributed by atoms with Crippen molar-refractivity contribution in [2.75, 3.05) is 25.0 Å². The van der Waals surface area contributed by atoms with E-state index >= 15 is 0 Å². The van der Waals surface area contributed by atoms with Gasteiger partial charge in [-0.25, -0.2) is 14.1 Å². The van der Waals surface area contributed by atoms with Gasteiger partial charge in [0.2, 0.25) is 0 Å². The maximum atomic E-state index is 14.3. The van der Waals surface area contributed by atoms with Gasteiger partial charge in [0.1, 0.15) is 11.8 Å². The summed E-state index contributed by atoms with van der Waals surface area (Å²) in [5.74, 6) is 0.247. The minimum absolute atomic E-state index is 0.0213. The highest BCUT2D eigenvalue weighted by Crippen LogP contribution is 2.46. The largest absolute Gasteiger partial charge is 0.511 e. The van der Waals surface area contributed by atoms with Crippen molar-refractivity contribution < 1.29 is 23.9 Å². The minimum atomic E-state index is -1.35. The number of fused-ring (bicyclic) bond motifs is 1. The normalized spacial score (nSPS) is 19.4. The zero-order valence-corrected chi connectivity index (χ0v) is 20.8. The molecule has 2 aliphatic rings. The standard InChI is InChI=1S/C27H27ClN4O4/c1-32(26(33)22-4-2-3-5-24(22)28,20-11-14-31(15-12-20)19-10-13-29-30-17-19)25-9-7-18-6-8-21(16-23(18)25)36-27(34)35/h2-6,8,10,13,16-17,20,25H,7,9,11-12,14-15H2,1H3/p+1. The number of piperidine rings is 1. The van der Waals surface area contributed by atoms with Crippen LogP contribution in [0.15, 0.2) is 60.9 Å². The zero-order valence-electron chi connectivity index (χ0n) is 20.0. The van der Waals surface area contributed by atoms with Gasteiger partial charge in [-0.15, -0.1) is 0 Å². The Labute approximate surface area is 214 Å². The number of nitrogens with zero attached hydrogens (tertiary/aromatic N) is 4. The van der Waals surface area contributed by atoms with Gasteiger partial charge in [-0.05, 0) is 42.3 Å². The van der Waals surface area contributed by atoms with Gasteiger partial charge in [0.25, 0.3) is 0 Å². The molecule has 8 nitrogen and oxygen atoms in total. The first-order chi connectivity index (χ1) is 17.4. The highest BCUT2D eigenvalue weighted by molar-refractivity contribution is 6.33. The van der Waals surface area contributed by atoms with Crippen molar-refractivity contribution in [2.45, 2.75) is 37.8 Å². The number of quaternary nitrogens is 1. The molecule has 1 fully saturated rings. The number of aryl methyl sites for hydroxylation is 1. The molecule has 1 N–H and O–H groups in total. The number of carboxylic acid groups (broad SMARTS) is 1. The van der Waals surface area contributed by atoms with Crippen LogP contribution in [0.25, 0.3) is 0 Å². The Kier molecular flexibility index (Phi) is 6.64. The van der Waals surface area contributed by atoms with Gasteiger partial charge >= 0.3 is 12.1 Å². The van der Waals surface area contributed by atoms with E-state index in [0.29, 0.717) is 10.6 Å². The second kappa shape index (κ2) is 9.87. The molecule has 3 aromatic rings. The van der Waals surface area contributed by atoms with E-state index in [-0.39, 0.29) is 28.2 Å². The quantitative estimate of drug-likeness (QED) is 0.290. The van der Waals surface area contributed by atoms with Crippen molar-refractivity contribution in [3.8, 4) is 5.75 Å². The third-order valence-electron chi connectivity index (χ3n) is 7.71. The van der Waals surface area contributed by atoms with Crippen LogP contribution in [0, 0.1) is 0 Å². The molecule has 2 aromatic carbocycles. The summed E-state index contributed by atoms with van der Waals surface area (Å²) in [6, 6.07) is 14.4. The van der Waals surface area contributed by atoms with Crippen LogP contribution in [-0.4, -0.2) is 58.0 Å². The van der Waals surface area contributed by atoms with Gasteiger partial charge in [0, 0.05) is 37.9 Å². The van der Waals surface area contributed by atoms with E-state index in [4.69, 9.17) is 21.4 Å². The van der Waals surface area contributed by atoms with Crippen LogP contribution in [0.4, 0.5) is 10.5 Å². The molecule has 5 rings (SSSR count). The van der Waals surface area contributed by atoms with Gasteiger partial charge in [-0.3, -0.25) is 0 Å². The molecule has 0 saturated carbocycles. The first-order valence-electron chi connectivity index (χ1n) is 12.1. The summed E-state index contributed by atoms with van der Waals surface area (Å²) < 4.78 is 5.14. The lowest BCUT2D eigenvalue weighted by molar-refractivity contribution is -0.887. The maximum absolute atomic E-state index is 14.3. The monoisotopic (exact) mass is 507 g/mol. The van der Waals surface area contributed by atoms with E-state index in [1.807, 2.05) is 31.3 Å². The number of aromatic nitrogens is 2. The Morgan fingerprint density at radius 1 is 1.08 bits per heavy atom. The number of hydrogen-bond donors (Lipinski definition) is 1. The second-order valence-electron chi connectivity index (χ2n) is 9.53. The van der Waals surface area contributed by atoms with Crippen molar-refractivity contribution in [1.82, 2.24) is 10.2 Å². The summed E-state index contributed by atoms with van der Waals surface area (Å²) in [7, 11) is 2.02. The SMILES string of the molecule is C[N+](C(=O)c1ccccc1Cl)(C1CCN(c2ccnnc2)CC1)C1CCc2ccc(OC(=O)O)cc21. The smallest absolute Gasteiger partial charge is 0.449 e. The number of carbonyl (C=O) groups excluding carboxylic acids is 1. The molecule has 2 unspecified atom stereocenters. The third-order valence-corrected chi connectivity index (χ3v) is 8.04. The highest BCUT2D eigenvalue weighted by atomic mass is 35.5. The van der Waals surface area contributed by atoms with E-state index < -0.39 is 6.16 Å². The van der Waals surface area contributed by atoms with Crippen molar-refractivity contribution in [3.05, 3.63) is 82.6 Å². The van der Waals surface area contributed by atoms with Crippen molar-refractivity contribution in [2.24, 2.45) is 0 Å². The summed E-state index contributed by atoms with van der Waals surface area (Å²) in [5, 5.41) is 17.4. The number of benzene rings is 2. The van der Waals surface area contributed by atoms with E-state index in [2.05, 4.69) is 15.1 Å². The number of rotatable bonds is 5. The lowest BCUT2D eigenvalue weighted by atomic mass is 9.93. The fourth-order valence-electron chi connectivity index (χ4n) is 5.87. The fraction of sp³-hybridized carbons (Fsp3) is 0.333. The molecule has 186 valence electrons. The Morgan fingerprint density at radius 2 is 1.86 bits per heavy atom. The predicted molar refractivity (Wildman–Crippen MR) is 135 cm³/mol. The van der Waals surface area contributed by atoms with Gasteiger partial charge in [0.05, 0.1) is 41.8 Å². The number of halogens is 1. The van der Waals surface area contributed by atoms with Gasteiger partial charge in [-0.2, -0.15) is 10.2 Å². The molecular weight excluding hydrogens is 480 g/mol. The van der Waals surface area contributed by atoms with E-state index in [1.54, 1.807) is 36.7 Å². The number of amides is 1. The molecule has 2 heterocycles. The molecule has 1 amide bonds. The van der Waals surface area contributed by atoms with Crippen LogP contribution in [0.5, 0.6) is 5.75 Å². The van der Waals surface area contributed by atoms with E-state index in [9.17, 15) is 9.59 Å².